The number of rotatable bonds is 4. The van der Waals surface area contributed by atoms with Gasteiger partial charge in [0.25, 0.3) is 10.0 Å². The Morgan fingerprint density at radius 2 is 1.88 bits per heavy atom. The second kappa shape index (κ2) is 8.02. The maximum Gasteiger partial charge on any atom is 0.269 e. The fraction of sp³-hybridized carbons (Fsp3) is 0.333. The average molecular weight is 481 g/mol. The predicted octanol–water partition coefficient (Wildman–Crippen LogP) is 4.60. The fourth-order valence-corrected chi connectivity index (χ4v) is 6.74. The van der Waals surface area contributed by atoms with Crippen LogP contribution in [0.2, 0.25) is 0 Å². The van der Waals surface area contributed by atoms with Crippen LogP contribution < -0.4 is 0 Å². The Morgan fingerprint density at radius 1 is 1.12 bits per heavy atom. The topological polar surface area (TPSA) is 83.3 Å². The zero-order valence-corrected chi connectivity index (χ0v) is 19.4. The van der Waals surface area contributed by atoms with Gasteiger partial charge in [-0.1, -0.05) is 18.2 Å². The summed E-state index contributed by atoms with van der Waals surface area (Å²) >= 11 is 1.36. The van der Waals surface area contributed by atoms with Gasteiger partial charge in [0, 0.05) is 41.6 Å². The van der Waals surface area contributed by atoms with Gasteiger partial charge in [-0.2, -0.15) is 0 Å². The number of fused-ring (bicyclic) bond motifs is 1. The van der Waals surface area contributed by atoms with E-state index >= 15 is 0 Å². The minimum atomic E-state index is -3.80. The Bertz CT molecular complexity index is 1380. The van der Waals surface area contributed by atoms with Crippen molar-refractivity contribution in [3.8, 4) is 11.3 Å². The summed E-state index contributed by atoms with van der Waals surface area (Å²) in [7, 11) is -3.80. The molecule has 4 aromatic rings. The van der Waals surface area contributed by atoms with Crippen LogP contribution in [0.3, 0.4) is 0 Å². The van der Waals surface area contributed by atoms with Gasteiger partial charge in [0.2, 0.25) is 0 Å². The zero-order chi connectivity index (χ0) is 22.5. The maximum absolute atomic E-state index is 13.4. The van der Waals surface area contributed by atoms with Gasteiger partial charge >= 0.3 is 0 Å². The largest absolute Gasteiger partial charge is 0.348 e. The number of pyridine rings is 1. The van der Waals surface area contributed by atoms with Gasteiger partial charge < -0.3 is 9.47 Å². The van der Waals surface area contributed by atoms with Crippen molar-refractivity contribution in [1.82, 2.24) is 13.9 Å². The molecule has 0 bridgehead atoms. The predicted molar refractivity (Wildman–Crippen MR) is 125 cm³/mol. The third-order valence-electron chi connectivity index (χ3n) is 6.63. The lowest BCUT2D eigenvalue weighted by Gasteiger charge is -2.35. The first kappa shape index (κ1) is 21.0. The van der Waals surface area contributed by atoms with Crippen LogP contribution in [-0.2, 0) is 19.5 Å². The van der Waals surface area contributed by atoms with Crippen LogP contribution in [0.1, 0.15) is 37.2 Å². The van der Waals surface area contributed by atoms with E-state index in [9.17, 15) is 8.42 Å². The molecule has 0 N–H and O–H groups in total. The van der Waals surface area contributed by atoms with E-state index in [1.54, 1.807) is 36.5 Å². The van der Waals surface area contributed by atoms with Crippen molar-refractivity contribution in [1.29, 1.82) is 0 Å². The lowest BCUT2D eigenvalue weighted by Crippen LogP contribution is -2.34. The number of hydrogen-bond acceptors (Lipinski definition) is 7. The van der Waals surface area contributed by atoms with Gasteiger partial charge in [0.1, 0.15) is 0 Å². The van der Waals surface area contributed by atoms with Crippen molar-refractivity contribution in [3.05, 3.63) is 65.2 Å². The lowest BCUT2D eigenvalue weighted by molar-refractivity contribution is -0.178. The van der Waals surface area contributed by atoms with Crippen LogP contribution in [0.25, 0.3) is 22.3 Å². The summed E-state index contributed by atoms with van der Waals surface area (Å²) in [5.41, 5.74) is 5.81. The Hall–Kier alpha value is -2.59. The molecule has 33 heavy (non-hydrogen) atoms. The molecule has 2 aliphatic rings. The first-order valence-electron chi connectivity index (χ1n) is 11.0. The molecule has 0 amide bonds. The molecule has 0 atom stereocenters. The van der Waals surface area contributed by atoms with E-state index in [1.165, 1.54) is 15.3 Å². The number of benzene rings is 1. The second-order valence-electron chi connectivity index (χ2n) is 8.50. The van der Waals surface area contributed by atoms with E-state index in [4.69, 9.17) is 9.47 Å². The van der Waals surface area contributed by atoms with Gasteiger partial charge in [-0.05, 0) is 42.5 Å². The van der Waals surface area contributed by atoms with E-state index < -0.39 is 15.8 Å². The molecule has 7 nitrogen and oxygen atoms in total. The summed E-state index contributed by atoms with van der Waals surface area (Å²) in [6, 6.07) is 10.5. The lowest BCUT2D eigenvalue weighted by atomic mass is 9.81. The highest BCUT2D eigenvalue weighted by Crippen LogP contribution is 2.43. The number of nitrogens with zero attached hydrogens (tertiary/aromatic N) is 3. The summed E-state index contributed by atoms with van der Waals surface area (Å²) < 4.78 is 39.9. The molecule has 1 radical (unpaired) electrons. The molecule has 169 valence electrons. The van der Waals surface area contributed by atoms with E-state index in [2.05, 4.69) is 21.5 Å². The van der Waals surface area contributed by atoms with E-state index in [0.717, 1.165) is 42.2 Å². The Labute approximate surface area is 196 Å². The smallest absolute Gasteiger partial charge is 0.269 e. The summed E-state index contributed by atoms with van der Waals surface area (Å²) in [4.78, 5) is 9.19. The molecular formula is C24H22N3O4S2. The van der Waals surface area contributed by atoms with E-state index in [1.807, 2.05) is 11.6 Å². The highest BCUT2D eigenvalue weighted by molar-refractivity contribution is 7.90. The summed E-state index contributed by atoms with van der Waals surface area (Å²) in [5, 5.41) is 2.65. The molecule has 1 saturated heterocycles. The minimum absolute atomic E-state index is 0.221. The molecular weight excluding hydrogens is 458 g/mol. The van der Waals surface area contributed by atoms with Gasteiger partial charge in [-0.15, -0.1) is 11.3 Å². The molecule has 1 aromatic carbocycles. The van der Waals surface area contributed by atoms with E-state index in [-0.39, 0.29) is 4.90 Å². The Kier molecular flexibility index (Phi) is 5.10. The van der Waals surface area contributed by atoms with Gasteiger partial charge in [-0.3, -0.25) is 0 Å². The average Bonchev–Trinajstić information content (AvgIpc) is 3.60. The molecule has 4 heterocycles. The molecule has 9 heteroatoms. The first-order chi connectivity index (χ1) is 16.1. The molecule has 2 fully saturated rings. The van der Waals surface area contributed by atoms with Crippen LogP contribution in [0, 0.1) is 5.51 Å². The number of aromatic nitrogens is 3. The highest BCUT2D eigenvalue weighted by atomic mass is 32.2. The standard InChI is InChI=1S/C24H22N3O4S2/c28-33(29,19-4-2-1-3-5-19)27-14-21(22-15-32-16-26-22)20-12-18(13-25-23(20)27)17-6-8-24(9-7-17)30-10-11-31-24/h1-5,12-15,17H,6-11H2. The summed E-state index contributed by atoms with van der Waals surface area (Å²) in [6.07, 6.45) is 7.03. The molecule has 0 unspecified atom stereocenters. The molecule has 1 aliphatic heterocycles. The van der Waals surface area contributed by atoms with Crippen LogP contribution >= 0.6 is 11.3 Å². The van der Waals surface area contributed by atoms with Gasteiger partial charge in [0.15, 0.2) is 16.9 Å². The van der Waals surface area contributed by atoms with Crippen LogP contribution in [0.15, 0.2) is 59.1 Å². The normalized spacial score (nSPS) is 18.9. The number of ether oxygens (including phenoxy) is 2. The highest BCUT2D eigenvalue weighted by Gasteiger charge is 2.40. The summed E-state index contributed by atoms with van der Waals surface area (Å²) in [5.74, 6) is -0.0906. The number of hydrogen-bond donors (Lipinski definition) is 0. The molecule has 1 saturated carbocycles. The summed E-state index contributed by atoms with van der Waals surface area (Å²) in [6.45, 7) is 1.32. The molecule has 1 spiro atoms. The van der Waals surface area contributed by atoms with Crippen LogP contribution in [0.5, 0.6) is 0 Å². The SMILES string of the molecule is O=S(=O)(c1ccccc1)n1cc(-c2cs[c]n2)c2cc(C3CCC4(CC3)OCCO4)cnc21. The Morgan fingerprint density at radius 3 is 2.58 bits per heavy atom. The van der Waals surface area contributed by atoms with Crippen molar-refractivity contribution < 1.29 is 17.9 Å². The monoisotopic (exact) mass is 480 g/mol. The quantitative estimate of drug-likeness (QED) is 0.425. The van der Waals surface area contributed by atoms with Crippen molar-refractivity contribution in [2.75, 3.05) is 13.2 Å². The first-order valence-corrected chi connectivity index (χ1v) is 13.3. The third-order valence-corrected chi connectivity index (χ3v) is 8.83. The van der Waals surface area contributed by atoms with Crippen molar-refractivity contribution >= 4 is 32.4 Å². The van der Waals surface area contributed by atoms with Crippen molar-refractivity contribution in [2.45, 2.75) is 42.3 Å². The van der Waals surface area contributed by atoms with Crippen LogP contribution in [0.4, 0.5) is 0 Å². The maximum atomic E-state index is 13.4. The van der Waals surface area contributed by atoms with Crippen molar-refractivity contribution in [2.24, 2.45) is 0 Å². The van der Waals surface area contributed by atoms with Crippen LogP contribution in [-0.4, -0.2) is 41.4 Å². The fourth-order valence-electron chi connectivity index (χ4n) is 4.90. The molecule has 1 aliphatic carbocycles. The minimum Gasteiger partial charge on any atom is -0.348 e. The number of thiazole rings is 1. The Balaban J connectivity index is 1.43. The second-order valence-corrected chi connectivity index (χ2v) is 11.0. The van der Waals surface area contributed by atoms with Crippen molar-refractivity contribution in [3.63, 3.8) is 0 Å². The van der Waals surface area contributed by atoms with Gasteiger partial charge in [-0.25, -0.2) is 22.4 Å². The molecule has 3 aromatic heterocycles. The van der Waals surface area contributed by atoms with Gasteiger partial charge in [0.05, 0.1) is 23.8 Å². The van der Waals surface area contributed by atoms with E-state index in [0.29, 0.717) is 30.5 Å². The third kappa shape index (κ3) is 3.59. The zero-order valence-electron chi connectivity index (χ0n) is 17.8. The molecule has 6 rings (SSSR count).